The molecule has 1 aromatic rings. The van der Waals surface area contributed by atoms with Crippen LogP contribution in [0.2, 0.25) is 0 Å². The van der Waals surface area contributed by atoms with Gasteiger partial charge in [-0.3, -0.25) is 0 Å². The van der Waals surface area contributed by atoms with E-state index < -0.39 is 0 Å². The molecule has 2 rings (SSSR count). The number of halogens is 1. The van der Waals surface area contributed by atoms with E-state index in [1.165, 1.54) is 12.8 Å². The average molecular weight is 285 g/mol. The van der Waals surface area contributed by atoms with Gasteiger partial charge in [-0.15, -0.1) is 0 Å². The third-order valence-corrected chi connectivity index (χ3v) is 3.77. The molecule has 0 aliphatic heterocycles. The number of hydrogen-bond donors (Lipinski definition) is 0. The molecule has 1 aromatic heterocycles. The van der Waals surface area contributed by atoms with Crippen LogP contribution in [0.15, 0.2) is 6.07 Å². The molecule has 1 aliphatic rings. The molecule has 0 amide bonds. The fourth-order valence-corrected chi connectivity index (χ4v) is 2.61. The normalized spacial score (nSPS) is 17.2. The van der Waals surface area contributed by atoms with Gasteiger partial charge in [0.2, 0.25) is 5.88 Å². The van der Waals surface area contributed by atoms with E-state index in [1.54, 1.807) is 0 Å². The zero-order valence-electron chi connectivity index (χ0n) is 9.74. The molecular weight excluding hydrogens is 268 g/mol. The van der Waals surface area contributed by atoms with E-state index in [1.807, 2.05) is 19.9 Å². The van der Waals surface area contributed by atoms with E-state index >= 15 is 0 Å². The lowest BCUT2D eigenvalue weighted by molar-refractivity contribution is 0.324. The van der Waals surface area contributed by atoms with E-state index in [0.29, 0.717) is 17.3 Å². The van der Waals surface area contributed by atoms with Gasteiger partial charge in [0.25, 0.3) is 0 Å². The molecule has 0 bridgehead atoms. The Bertz CT molecular complexity index is 366. The molecule has 1 unspecified atom stereocenters. The van der Waals surface area contributed by atoms with Gasteiger partial charge in [0.15, 0.2) is 0 Å². The van der Waals surface area contributed by atoms with E-state index in [4.69, 9.17) is 4.74 Å². The first-order chi connectivity index (χ1) is 7.69. The molecule has 0 N–H and O–H groups in total. The molecule has 1 saturated carbocycles. The number of aryl methyl sites for hydroxylation is 1. The third-order valence-electron chi connectivity index (χ3n) is 2.70. The highest BCUT2D eigenvalue weighted by Gasteiger charge is 2.29. The van der Waals surface area contributed by atoms with Crippen molar-refractivity contribution in [2.45, 2.75) is 37.9 Å². The van der Waals surface area contributed by atoms with Crippen LogP contribution in [-0.2, 0) is 6.42 Å². The molecule has 16 heavy (non-hydrogen) atoms. The Morgan fingerprint density at radius 3 is 2.88 bits per heavy atom. The van der Waals surface area contributed by atoms with E-state index in [-0.39, 0.29) is 0 Å². The van der Waals surface area contributed by atoms with Crippen molar-refractivity contribution in [3.8, 4) is 5.88 Å². The molecule has 0 spiro atoms. The quantitative estimate of drug-likeness (QED) is 0.780. The standard InChI is InChI=1S/C12H17BrN2O/c1-3-16-12-7-10(14-8(2)15-12)6-11(13)9-4-5-9/h7,9,11H,3-6H2,1-2H3. The van der Waals surface area contributed by atoms with Crippen LogP contribution in [-0.4, -0.2) is 21.4 Å². The van der Waals surface area contributed by atoms with Crippen molar-refractivity contribution in [1.29, 1.82) is 0 Å². The maximum absolute atomic E-state index is 5.42. The van der Waals surface area contributed by atoms with Crippen molar-refractivity contribution in [2.24, 2.45) is 5.92 Å². The smallest absolute Gasteiger partial charge is 0.216 e. The molecule has 1 atom stereocenters. The lowest BCUT2D eigenvalue weighted by Crippen LogP contribution is -2.08. The lowest BCUT2D eigenvalue weighted by atomic mass is 10.1. The summed E-state index contributed by atoms with van der Waals surface area (Å²) >= 11 is 3.73. The minimum Gasteiger partial charge on any atom is -0.478 e. The summed E-state index contributed by atoms with van der Waals surface area (Å²) in [5, 5.41) is 0. The van der Waals surface area contributed by atoms with Crippen molar-refractivity contribution >= 4 is 15.9 Å². The maximum Gasteiger partial charge on any atom is 0.216 e. The summed E-state index contributed by atoms with van der Waals surface area (Å²) < 4.78 is 5.42. The molecule has 1 fully saturated rings. The zero-order valence-corrected chi connectivity index (χ0v) is 11.3. The third kappa shape index (κ3) is 3.17. The predicted molar refractivity (Wildman–Crippen MR) is 67.1 cm³/mol. The highest BCUT2D eigenvalue weighted by Crippen LogP contribution is 2.38. The summed E-state index contributed by atoms with van der Waals surface area (Å²) in [5.41, 5.74) is 1.07. The molecule has 3 nitrogen and oxygen atoms in total. The minimum absolute atomic E-state index is 0.552. The minimum atomic E-state index is 0.552. The fourth-order valence-electron chi connectivity index (χ4n) is 1.75. The summed E-state index contributed by atoms with van der Waals surface area (Å²) in [6, 6.07) is 1.95. The molecular formula is C12H17BrN2O. The largest absolute Gasteiger partial charge is 0.478 e. The average Bonchev–Trinajstić information content (AvgIpc) is 2.99. The van der Waals surface area contributed by atoms with Crippen LogP contribution in [0.25, 0.3) is 0 Å². The van der Waals surface area contributed by atoms with Crippen LogP contribution < -0.4 is 4.74 Å². The molecule has 0 radical (unpaired) electrons. The topological polar surface area (TPSA) is 35.0 Å². The summed E-state index contributed by atoms with van der Waals surface area (Å²) in [6.07, 6.45) is 3.66. The summed E-state index contributed by atoms with van der Waals surface area (Å²) in [7, 11) is 0. The number of aromatic nitrogens is 2. The number of nitrogens with zero attached hydrogens (tertiary/aromatic N) is 2. The molecule has 0 saturated heterocycles. The van der Waals surface area contributed by atoms with Crippen LogP contribution in [0.4, 0.5) is 0 Å². The van der Waals surface area contributed by atoms with Gasteiger partial charge < -0.3 is 4.74 Å². The second-order valence-corrected chi connectivity index (χ2v) is 5.41. The van der Waals surface area contributed by atoms with Crippen LogP contribution in [0, 0.1) is 12.8 Å². The zero-order chi connectivity index (χ0) is 11.5. The SMILES string of the molecule is CCOc1cc(CC(Br)C2CC2)nc(C)n1. The molecule has 0 aromatic carbocycles. The van der Waals surface area contributed by atoms with Crippen molar-refractivity contribution in [1.82, 2.24) is 9.97 Å². The maximum atomic E-state index is 5.42. The Morgan fingerprint density at radius 1 is 1.50 bits per heavy atom. The number of ether oxygens (including phenoxy) is 1. The second-order valence-electron chi connectivity index (χ2n) is 4.24. The molecule has 88 valence electrons. The monoisotopic (exact) mass is 284 g/mol. The van der Waals surface area contributed by atoms with Crippen LogP contribution in [0.1, 0.15) is 31.3 Å². The van der Waals surface area contributed by atoms with Gasteiger partial charge in [0, 0.05) is 23.0 Å². The van der Waals surface area contributed by atoms with Crippen molar-refractivity contribution < 1.29 is 4.74 Å². The first kappa shape index (κ1) is 11.8. The van der Waals surface area contributed by atoms with Crippen LogP contribution >= 0.6 is 15.9 Å². The summed E-state index contributed by atoms with van der Waals surface area (Å²) in [4.78, 5) is 9.24. The highest BCUT2D eigenvalue weighted by molar-refractivity contribution is 9.09. The lowest BCUT2D eigenvalue weighted by Gasteiger charge is -2.09. The Morgan fingerprint density at radius 2 is 2.25 bits per heavy atom. The van der Waals surface area contributed by atoms with Gasteiger partial charge in [-0.1, -0.05) is 15.9 Å². The van der Waals surface area contributed by atoms with Crippen LogP contribution in [0.5, 0.6) is 5.88 Å². The van der Waals surface area contributed by atoms with E-state index in [0.717, 1.165) is 23.9 Å². The van der Waals surface area contributed by atoms with Gasteiger partial charge >= 0.3 is 0 Å². The Labute approximate surface area is 105 Å². The predicted octanol–water partition coefficient (Wildman–Crippen LogP) is 2.90. The van der Waals surface area contributed by atoms with Crippen molar-refractivity contribution in [3.05, 3.63) is 17.6 Å². The van der Waals surface area contributed by atoms with Gasteiger partial charge in [-0.05, 0) is 32.6 Å². The van der Waals surface area contributed by atoms with Crippen molar-refractivity contribution in [2.75, 3.05) is 6.61 Å². The molecule has 4 heteroatoms. The van der Waals surface area contributed by atoms with Gasteiger partial charge in [0.1, 0.15) is 5.82 Å². The molecule has 1 heterocycles. The van der Waals surface area contributed by atoms with Crippen LogP contribution in [0.3, 0.4) is 0 Å². The van der Waals surface area contributed by atoms with Gasteiger partial charge in [-0.2, -0.15) is 4.98 Å². The highest BCUT2D eigenvalue weighted by atomic mass is 79.9. The first-order valence-electron chi connectivity index (χ1n) is 5.80. The Balaban J connectivity index is 2.06. The molecule has 1 aliphatic carbocycles. The number of hydrogen-bond acceptors (Lipinski definition) is 3. The van der Waals surface area contributed by atoms with Gasteiger partial charge in [0.05, 0.1) is 6.61 Å². The van der Waals surface area contributed by atoms with Gasteiger partial charge in [-0.25, -0.2) is 4.98 Å². The fraction of sp³-hybridized carbons (Fsp3) is 0.667. The van der Waals surface area contributed by atoms with E-state index in [9.17, 15) is 0 Å². The number of rotatable bonds is 5. The summed E-state index contributed by atoms with van der Waals surface area (Å²) in [6.45, 7) is 4.53. The first-order valence-corrected chi connectivity index (χ1v) is 6.72. The Kier molecular flexibility index (Phi) is 3.79. The van der Waals surface area contributed by atoms with Crippen molar-refractivity contribution in [3.63, 3.8) is 0 Å². The van der Waals surface area contributed by atoms with E-state index in [2.05, 4.69) is 25.9 Å². The summed E-state index contributed by atoms with van der Waals surface area (Å²) in [5.74, 6) is 2.32. The number of alkyl halides is 1. The second kappa shape index (κ2) is 5.13. The Hall–Kier alpha value is -0.640.